The van der Waals surface area contributed by atoms with E-state index < -0.39 is 0 Å². The van der Waals surface area contributed by atoms with Crippen LogP contribution in [0.1, 0.15) is 60.0 Å². The van der Waals surface area contributed by atoms with Crippen LogP contribution in [0.2, 0.25) is 0 Å². The number of benzene rings is 1. The van der Waals surface area contributed by atoms with Gasteiger partial charge < -0.3 is 10.1 Å². The summed E-state index contributed by atoms with van der Waals surface area (Å²) in [5.41, 5.74) is 3.43. The molecular formula is C19H25NO3. The van der Waals surface area contributed by atoms with Crippen LogP contribution in [-0.4, -0.2) is 30.9 Å². The highest BCUT2D eigenvalue weighted by molar-refractivity contribution is 5.98. The minimum Gasteiger partial charge on any atom is -0.376 e. The van der Waals surface area contributed by atoms with Crippen LogP contribution in [0.25, 0.3) is 0 Å². The van der Waals surface area contributed by atoms with Crippen LogP contribution < -0.4 is 5.32 Å². The third kappa shape index (κ3) is 4.41. The Morgan fingerprint density at radius 2 is 1.91 bits per heavy atom. The van der Waals surface area contributed by atoms with Crippen LogP contribution in [-0.2, 0) is 22.4 Å². The molecule has 1 aliphatic heterocycles. The predicted molar refractivity (Wildman–Crippen MR) is 88.6 cm³/mol. The van der Waals surface area contributed by atoms with E-state index in [0.717, 1.165) is 37.9 Å². The number of aryl methyl sites for hydroxylation is 2. The first-order valence-electron chi connectivity index (χ1n) is 8.75. The van der Waals surface area contributed by atoms with Crippen LogP contribution in [0.3, 0.4) is 0 Å². The van der Waals surface area contributed by atoms with Gasteiger partial charge in [0.1, 0.15) is 0 Å². The maximum absolute atomic E-state index is 12.3. The molecule has 1 fully saturated rings. The van der Waals surface area contributed by atoms with Crippen molar-refractivity contribution < 1.29 is 14.3 Å². The van der Waals surface area contributed by atoms with Crippen molar-refractivity contribution in [3.8, 4) is 0 Å². The Bertz CT molecular complexity index is 576. The normalized spacial score (nSPS) is 20.1. The van der Waals surface area contributed by atoms with Crippen LogP contribution >= 0.6 is 0 Å². The summed E-state index contributed by atoms with van der Waals surface area (Å²) in [6, 6.07) is 6.02. The molecule has 4 nitrogen and oxygen atoms in total. The summed E-state index contributed by atoms with van der Waals surface area (Å²) in [5, 5.41) is 2.87. The Balaban J connectivity index is 1.46. The second-order valence-corrected chi connectivity index (χ2v) is 6.55. The molecule has 124 valence electrons. The molecule has 1 amide bonds. The summed E-state index contributed by atoms with van der Waals surface area (Å²) in [6.45, 7) is 1.35. The fraction of sp³-hybridized carbons (Fsp3) is 0.579. The molecule has 1 heterocycles. The highest BCUT2D eigenvalue weighted by Crippen LogP contribution is 2.23. The second kappa shape index (κ2) is 7.73. The summed E-state index contributed by atoms with van der Waals surface area (Å²) in [4.78, 5) is 24.1. The van der Waals surface area contributed by atoms with E-state index in [4.69, 9.17) is 4.74 Å². The zero-order valence-corrected chi connectivity index (χ0v) is 13.6. The quantitative estimate of drug-likeness (QED) is 0.821. The number of nitrogens with one attached hydrogen (secondary N) is 1. The van der Waals surface area contributed by atoms with Crippen molar-refractivity contribution in [2.45, 2.75) is 57.5 Å². The standard InChI is InChI=1S/C19H25NO3/c21-18(9-10-19(22)20-13-17-6-3-11-23-17)16-8-7-14-4-1-2-5-15(14)12-16/h7-8,12,17H,1-6,9-11,13H2,(H,20,22). The molecule has 1 aliphatic carbocycles. The van der Waals surface area contributed by atoms with Crippen molar-refractivity contribution in [2.24, 2.45) is 0 Å². The van der Waals surface area contributed by atoms with Gasteiger partial charge in [-0.3, -0.25) is 9.59 Å². The van der Waals surface area contributed by atoms with E-state index in [1.807, 2.05) is 12.1 Å². The average molecular weight is 315 g/mol. The minimum absolute atomic E-state index is 0.0608. The number of carbonyl (C=O) groups excluding carboxylic acids is 2. The van der Waals surface area contributed by atoms with Crippen molar-refractivity contribution in [3.63, 3.8) is 0 Å². The van der Waals surface area contributed by atoms with E-state index in [9.17, 15) is 9.59 Å². The summed E-state index contributed by atoms with van der Waals surface area (Å²) >= 11 is 0. The smallest absolute Gasteiger partial charge is 0.220 e. The fourth-order valence-corrected chi connectivity index (χ4v) is 3.40. The third-order valence-electron chi connectivity index (χ3n) is 4.80. The highest BCUT2D eigenvalue weighted by Gasteiger charge is 2.17. The Kier molecular flexibility index (Phi) is 5.44. The van der Waals surface area contributed by atoms with Crippen LogP contribution in [0.15, 0.2) is 18.2 Å². The van der Waals surface area contributed by atoms with Crippen molar-refractivity contribution in [3.05, 3.63) is 34.9 Å². The largest absolute Gasteiger partial charge is 0.376 e. The van der Waals surface area contributed by atoms with Crippen molar-refractivity contribution >= 4 is 11.7 Å². The Morgan fingerprint density at radius 1 is 1.09 bits per heavy atom. The molecule has 0 spiro atoms. The van der Waals surface area contributed by atoms with Gasteiger partial charge in [-0.05, 0) is 55.7 Å². The number of hydrogen-bond donors (Lipinski definition) is 1. The Hall–Kier alpha value is -1.68. The van der Waals surface area contributed by atoms with E-state index in [1.54, 1.807) is 0 Å². The van der Waals surface area contributed by atoms with Gasteiger partial charge in [0.25, 0.3) is 0 Å². The SMILES string of the molecule is O=C(CCC(=O)c1ccc2c(c1)CCCC2)NCC1CCCO1. The molecule has 2 aliphatic rings. The molecule has 0 radical (unpaired) electrons. The van der Waals surface area contributed by atoms with Gasteiger partial charge in [-0.2, -0.15) is 0 Å². The zero-order valence-electron chi connectivity index (χ0n) is 13.6. The Labute approximate surface area is 137 Å². The molecule has 1 atom stereocenters. The first-order valence-corrected chi connectivity index (χ1v) is 8.75. The molecule has 23 heavy (non-hydrogen) atoms. The van der Waals surface area contributed by atoms with E-state index in [1.165, 1.54) is 24.0 Å². The Morgan fingerprint density at radius 3 is 2.70 bits per heavy atom. The summed E-state index contributed by atoms with van der Waals surface area (Å²) < 4.78 is 5.47. The van der Waals surface area contributed by atoms with Gasteiger partial charge in [0, 0.05) is 31.6 Å². The summed E-state index contributed by atoms with van der Waals surface area (Å²) in [5.74, 6) is -0.00236. The number of rotatable bonds is 6. The lowest BCUT2D eigenvalue weighted by Crippen LogP contribution is -2.31. The highest BCUT2D eigenvalue weighted by atomic mass is 16.5. The van der Waals surface area contributed by atoms with Crippen LogP contribution in [0.4, 0.5) is 0 Å². The average Bonchev–Trinajstić information content (AvgIpc) is 3.11. The molecule has 3 rings (SSSR count). The minimum atomic E-state index is -0.0631. The second-order valence-electron chi connectivity index (χ2n) is 6.55. The number of amides is 1. The number of hydrogen-bond acceptors (Lipinski definition) is 3. The molecule has 1 saturated heterocycles. The van der Waals surface area contributed by atoms with Gasteiger partial charge in [0.2, 0.25) is 5.91 Å². The lowest BCUT2D eigenvalue weighted by molar-refractivity contribution is -0.121. The van der Waals surface area contributed by atoms with Gasteiger partial charge in [-0.1, -0.05) is 12.1 Å². The van der Waals surface area contributed by atoms with Gasteiger partial charge in [0.15, 0.2) is 5.78 Å². The molecule has 1 N–H and O–H groups in total. The maximum atomic E-state index is 12.3. The molecule has 0 aromatic heterocycles. The number of ether oxygens (including phenoxy) is 1. The monoisotopic (exact) mass is 315 g/mol. The van der Waals surface area contributed by atoms with Crippen molar-refractivity contribution in [1.82, 2.24) is 5.32 Å². The number of Topliss-reactive ketones (excluding diaryl/α,β-unsaturated/α-hetero) is 1. The summed E-state index contributed by atoms with van der Waals surface area (Å²) in [6.07, 6.45) is 7.38. The number of ketones is 1. The van der Waals surface area contributed by atoms with Crippen molar-refractivity contribution in [1.29, 1.82) is 0 Å². The lowest BCUT2D eigenvalue weighted by Gasteiger charge is -2.16. The van der Waals surface area contributed by atoms with Gasteiger partial charge >= 0.3 is 0 Å². The first kappa shape index (κ1) is 16.2. The molecule has 1 aromatic rings. The van der Waals surface area contributed by atoms with E-state index in [0.29, 0.717) is 6.54 Å². The van der Waals surface area contributed by atoms with Gasteiger partial charge in [-0.25, -0.2) is 0 Å². The van der Waals surface area contributed by atoms with Crippen molar-refractivity contribution in [2.75, 3.05) is 13.2 Å². The molecule has 4 heteroatoms. The fourth-order valence-electron chi connectivity index (χ4n) is 3.40. The van der Waals surface area contributed by atoms with Crippen LogP contribution in [0, 0.1) is 0 Å². The third-order valence-corrected chi connectivity index (χ3v) is 4.80. The van der Waals surface area contributed by atoms with E-state index >= 15 is 0 Å². The lowest BCUT2D eigenvalue weighted by atomic mass is 9.89. The number of carbonyl (C=O) groups is 2. The van der Waals surface area contributed by atoms with Gasteiger partial charge in [-0.15, -0.1) is 0 Å². The summed E-state index contributed by atoms with van der Waals surface area (Å²) in [7, 11) is 0. The first-order chi connectivity index (χ1) is 11.2. The molecular weight excluding hydrogens is 290 g/mol. The molecule has 0 saturated carbocycles. The van der Waals surface area contributed by atoms with Crippen LogP contribution in [0.5, 0.6) is 0 Å². The van der Waals surface area contributed by atoms with Gasteiger partial charge in [0.05, 0.1) is 6.10 Å². The molecule has 0 bridgehead atoms. The maximum Gasteiger partial charge on any atom is 0.220 e. The zero-order chi connectivity index (χ0) is 16.1. The van der Waals surface area contributed by atoms with E-state index in [-0.39, 0.29) is 30.6 Å². The number of fused-ring (bicyclic) bond motifs is 1. The molecule has 1 aromatic carbocycles. The molecule has 1 unspecified atom stereocenters. The topological polar surface area (TPSA) is 55.4 Å². The van der Waals surface area contributed by atoms with E-state index in [2.05, 4.69) is 11.4 Å². The predicted octanol–water partition coefficient (Wildman–Crippen LogP) is 2.82.